The van der Waals surface area contributed by atoms with Crippen molar-refractivity contribution in [3.8, 4) is 11.5 Å². The summed E-state index contributed by atoms with van der Waals surface area (Å²) in [7, 11) is 0. The zero-order valence-corrected chi connectivity index (χ0v) is 20.4. The number of nitrogens with one attached hydrogen (secondary N) is 1. The fourth-order valence-electron chi connectivity index (χ4n) is 5.71. The highest BCUT2D eigenvalue weighted by atomic mass is 19.1. The Balaban J connectivity index is 1.18. The van der Waals surface area contributed by atoms with Gasteiger partial charge in [0.25, 0.3) is 5.91 Å². The smallest absolute Gasteiger partial charge is 0.255 e. The monoisotopic (exact) mass is 506 g/mol. The Morgan fingerprint density at radius 3 is 2.55 bits per heavy atom. The first-order valence-corrected chi connectivity index (χ1v) is 12.5. The molecule has 0 aromatic heterocycles. The molecule has 0 saturated heterocycles. The summed E-state index contributed by atoms with van der Waals surface area (Å²) < 4.78 is 25.7. The molecule has 6 nitrogen and oxygen atoms in total. The highest BCUT2D eigenvalue weighted by Crippen LogP contribution is 2.54. The van der Waals surface area contributed by atoms with Crippen molar-refractivity contribution in [1.29, 1.82) is 0 Å². The lowest BCUT2D eigenvalue weighted by atomic mass is 9.76. The van der Waals surface area contributed by atoms with Crippen molar-refractivity contribution in [1.82, 2.24) is 0 Å². The SMILES string of the molecule is O=C(Nc1ccccc1F)c1ccc(CN2C(=O)C3(COc4cc5c(cc43)CCO5)c3ccccc32)cc1. The van der Waals surface area contributed by atoms with E-state index >= 15 is 0 Å². The maximum atomic E-state index is 14.2. The van der Waals surface area contributed by atoms with Gasteiger partial charge in [0.2, 0.25) is 5.91 Å². The first kappa shape index (κ1) is 22.5. The minimum absolute atomic E-state index is 0.0299. The van der Waals surface area contributed by atoms with Gasteiger partial charge < -0.3 is 19.7 Å². The van der Waals surface area contributed by atoms with E-state index in [1.807, 2.05) is 42.5 Å². The van der Waals surface area contributed by atoms with Crippen molar-refractivity contribution in [3.05, 3.63) is 119 Å². The number of halogens is 1. The average Bonchev–Trinajstić information content (AvgIpc) is 3.62. The van der Waals surface area contributed by atoms with Crippen molar-refractivity contribution in [2.24, 2.45) is 0 Å². The molecule has 0 fully saturated rings. The summed E-state index contributed by atoms with van der Waals surface area (Å²) in [6.45, 7) is 1.22. The Morgan fingerprint density at radius 1 is 0.921 bits per heavy atom. The lowest BCUT2D eigenvalue weighted by Crippen LogP contribution is -2.42. The summed E-state index contributed by atoms with van der Waals surface area (Å²) in [4.78, 5) is 28.6. The van der Waals surface area contributed by atoms with E-state index < -0.39 is 17.1 Å². The molecule has 4 aromatic carbocycles. The zero-order valence-electron chi connectivity index (χ0n) is 20.4. The van der Waals surface area contributed by atoms with Crippen molar-refractivity contribution in [3.63, 3.8) is 0 Å². The van der Waals surface area contributed by atoms with Gasteiger partial charge in [-0.15, -0.1) is 0 Å². The maximum Gasteiger partial charge on any atom is 0.255 e. The number of hydrogen-bond donors (Lipinski definition) is 1. The Labute approximate surface area is 218 Å². The van der Waals surface area contributed by atoms with Crippen LogP contribution >= 0.6 is 0 Å². The third-order valence-corrected chi connectivity index (χ3v) is 7.64. The number of anilines is 2. The average molecular weight is 507 g/mol. The molecule has 38 heavy (non-hydrogen) atoms. The number of carbonyl (C=O) groups is 2. The van der Waals surface area contributed by atoms with Gasteiger partial charge in [0.05, 0.1) is 18.8 Å². The molecule has 2 amide bonds. The first-order valence-electron chi connectivity index (χ1n) is 12.5. The lowest BCUT2D eigenvalue weighted by Gasteiger charge is -2.23. The van der Waals surface area contributed by atoms with Crippen LogP contribution in [-0.2, 0) is 23.2 Å². The van der Waals surface area contributed by atoms with Gasteiger partial charge in [-0.3, -0.25) is 9.59 Å². The molecule has 188 valence electrons. The van der Waals surface area contributed by atoms with Gasteiger partial charge >= 0.3 is 0 Å². The number of para-hydroxylation sites is 2. The van der Waals surface area contributed by atoms with Gasteiger partial charge in [0.15, 0.2) is 0 Å². The van der Waals surface area contributed by atoms with Gasteiger partial charge in [-0.2, -0.15) is 0 Å². The number of rotatable bonds is 4. The van der Waals surface area contributed by atoms with E-state index in [9.17, 15) is 14.0 Å². The normalized spacial score (nSPS) is 18.6. The second-order valence-corrected chi connectivity index (χ2v) is 9.79. The molecule has 0 aliphatic carbocycles. The molecular weight excluding hydrogens is 483 g/mol. The summed E-state index contributed by atoms with van der Waals surface area (Å²) in [5.41, 5.74) is 4.27. The van der Waals surface area contributed by atoms with Gasteiger partial charge in [0.1, 0.15) is 29.3 Å². The van der Waals surface area contributed by atoms with Crippen LogP contribution in [0.25, 0.3) is 0 Å². The number of benzene rings is 4. The fraction of sp³-hybridized carbons (Fsp3) is 0.161. The fourth-order valence-corrected chi connectivity index (χ4v) is 5.71. The standard InChI is InChI=1S/C31H23FN2O4/c32-24-6-2-3-7-25(24)33-29(35)20-11-9-19(10-12-20)17-34-26-8-4-1-5-22(26)31(30(34)36)18-38-28-16-27-21(13-14-37-27)15-23(28)31/h1-12,15-16H,13-14,17-18H2,(H,33,35). The highest BCUT2D eigenvalue weighted by Gasteiger charge is 2.57. The predicted molar refractivity (Wildman–Crippen MR) is 140 cm³/mol. The van der Waals surface area contributed by atoms with E-state index in [1.54, 1.807) is 29.2 Å². The number of hydrogen-bond acceptors (Lipinski definition) is 4. The topological polar surface area (TPSA) is 67.9 Å². The molecule has 0 saturated carbocycles. The molecule has 1 N–H and O–H groups in total. The maximum absolute atomic E-state index is 14.2. The van der Waals surface area contributed by atoms with Crippen LogP contribution in [0.1, 0.15) is 32.6 Å². The second-order valence-electron chi connectivity index (χ2n) is 9.79. The van der Waals surface area contributed by atoms with Crippen LogP contribution in [0.3, 0.4) is 0 Å². The molecule has 3 heterocycles. The second kappa shape index (κ2) is 8.45. The van der Waals surface area contributed by atoms with E-state index in [-0.39, 0.29) is 18.2 Å². The molecule has 3 aliphatic heterocycles. The zero-order chi connectivity index (χ0) is 25.9. The van der Waals surface area contributed by atoms with Gasteiger partial charge in [0, 0.05) is 29.3 Å². The quantitative estimate of drug-likeness (QED) is 0.411. The van der Waals surface area contributed by atoms with E-state index in [2.05, 4.69) is 11.4 Å². The number of amides is 2. The van der Waals surface area contributed by atoms with Crippen molar-refractivity contribution in [2.75, 3.05) is 23.4 Å². The molecule has 7 rings (SSSR count). The molecule has 0 bridgehead atoms. The van der Waals surface area contributed by atoms with Crippen LogP contribution in [0, 0.1) is 5.82 Å². The predicted octanol–water partition coefficient (Wildman–Crippen LogP) is 5.24. The molecule has 3 aliphatic rings. The van der Waals surface area contributed by atoms with E-state index in [1.165, 1.54) is 12.1 Å². The van der Waals surface area contributed by atoms with Crippen LogP contribution in [0.4, 0.5) is 15.8 Å². The largest absolute Gasteiger partial charge is 0.493 e. The Bertz CT molecular complexity index is 1620. The summed E-state index contributed by atoms with van der Waals surface area (Å²) in [5.74, 6) is 0.598. The van der Waals surface area contributed by atoms with Crippen LogP contribution in [0.5, 0.6) is 11.5 Å². The van der Waals surface area contributed by atoms with Crippen LogP contribution in [0.15, 0.2) is 84.9 Å². The molecule has 1 spiro atoms. The molecule has 0 radical (unpaired) electrons. The minimum Gasteiger partial charge on any atom is -0.493 e. The highest BCUT2D eigenvalue weighted by molar-refractivity contribution is 6.11. The van der Waals surface area contributed by atoms with Crippen molar-refractivity contribution < 1.29 is 23.5 Å². The Hall–Kier alpha value is -4.65. The van der Waals surface area contributed by atoms with Gasteiger partial charge in [-0.1, -0.05) is 42.5 Å². The minimum atomic E-state index is -0.900. The molecule has 1 unspecified atom stereocenters. The summed E-state index contributed by atoms with van der Waals surface area (Å²) in [5, 5.41) is 2.60. The van der Waals surface area contributed by atoms with E-state index in [0.29, 0.717) is 24.5 Å². The van der Waals surface area contributed by atoms with Crippen molar-refractivity contribution >= 4 is 23.2 Å². The summed E-state index contributed by atoms with van der Waals surface area (Å²) >= 11 is 0. The van der Waals surface area contributed by atoms with Crippen molar-refractivity contribution in [2.45, 2.75) is 18.4 Å². The molecule has 1 atom stereocenters. The Kier molecular flexibility index (Phi) is 5.01. The third kappa shape index (κ3) is 3.31. The number of nitrogens with zero attached hydrogens (tertiary/aromatic N) is 1. The number of fused-ring (bicyclic) bond motifs is 5. The van der Waals surface area contributed by atoms with E-state index in [0.717, 1.165) is 40.1 Å². The molecule has 7 heteroatoms. The van der Waals surface area contributed by atoms with Crippen LogP contribution < -0.4 is 19.7 Å². The Morgan fingerprint density at radius 2 is 1.71 bits per heavy atom. The number of ether oxygens (including phenoxy) is 2. The third-order valence-electron chi connectivity index (χ3n) is 7.64. The number of carbonyl (C=O) groups excluding carboxylic acids is 2. The van der Waals surface area contributed by atoms with Gasteiger partial charge in [-0.05, 0) is 53.1 Å². The summed E-state index contributed by atoms with van der Waals surface area (Å²) in [6, 6.07) is 24.9. The summed E-state index contributed by atoms with van der Waals surface area (Å²) in [6.07, 6.45) is 0.815. The van der Waals surface area contributed by atoms with Crippen LogP contribution in [0.2, 0.25) is 0 Å². The molecular formula is C31H23FN2O4. The van der Waals surface area contributed by atoms with Crippen LogP contribution in [-0.4, -0.2) is 25.0 Å². The lowest BCUT2D eigenvalue weighted by molar-refractivity contribution is -0.122. The molecule has 4 aromatic rings. The first-order chi connectivity index (χ1) is 18.5. The van der Waals surface area contributed by atoms with Gasteiger partial charge in [-0.25, -0.2) is 4.39 Å². The van der Waals surface area contributed by atoms with E-state index in [4.69, 9.17) is 9.47 Å².